The number of nitrogens with one attached hydrogen (secondary N) is 3. The van der Waals surface area contributed by atoms with Crippen LogP contribution in [-0.2, 0) is 30.4 Å². The Bertz CT molecular complexity index is 1010. The summed E-state index contributed by atoms with van der Waals surface area (Å²) in [6.07, 6.45) is -0.421. The minimum atomic E-state index is -1.30. The number of hydrogen-bond acceptors (Lipinski definition) is 7. The van der Waals surface area contributed by atoms with Crippen molar-refractivity contribution < 1.29 is 34.2 Å². The van der Waals surface area contributed by atoms with Crippen molar-refractivity contribution in [2.45, 2.75) is 70.1 Å². The van der Waals surface area contributed by atoms with Crippen molar-refractivity contribution in [1.29, 1.82) is 0 Å². The molecule has 0 bridgehead atoms. The molecule has 4 unspecified atom stereocenters. The van der Waals surface area contributed by atoms with Gasteiger partial charge < -0.3 is 43.4 Å². The van der Waals surface area contributed by atoms with Crippen LogP contribution in [0.1, 0.15) is 45.1 Å². The van der Waals surface area contributed by atoms with Gasteiger partial charge in [0, 0.05) is 19.4 Å². The summed E-state index contributed by atoms with van der Waals surface area (Å²) in [6.45, 7) is 3.56. The molecule has 3 amide bonds. The summed E-state index contributed by atoms with van der Waals surface area (Å²) in [7, 11) is 0. The molecule has 0 saturated heterocycles. The molecule has 0 saturated carbocycles. The minimum Gasteiger partial charge on any atom is -0.481 e. The number of hydrogen-bond donors (Lipinski definition) is 8. The van der Waals surface area contributed by atoms with Crippen LogP contribution < -0.4 is 33.2 Å². The molecular formula is C25H39N7O7. The van der Waals surface area contributed by atoms with Gasteiger partial charge >= 0.3 is 11.9 Å². The summed E-state index contributed by atoms with van der Waals surface area (Å²) in [5, 5.41) is 26.2. The quantitative estimate of drug-likeness (QED) is 0.0645. The fourth-order valence-corrected chi connectivity index (χ4v) is 3.47. The summed E-state index contributed by atoms with van der Waals surface area (Å²) in [5.41, 5.74) is 17.2. The molecule has 0 spiro atoms. The Kier molecular flexibility index (Phi) is 14.0. The number of benzene rings is 1. The molecule has 0 aliphatic rings. The van der Waals surface area contributed by atoms with E-state index < -0.39 is 60.2 Å². The molecule has 0 aliphatic heterocycles. The second-order valence-corrected chi connectivity index (χ2v) is 9.36. The average molecular weight is 550 g/mol. The summed E-state index contributed by atoms with van der Waals surface area (Å²) in [5.74, 6) is -5.13. The number of aliphatic carboxylic acids is 2. The first-order valence-corrected chi connectivity index (χ1v) is 12.5. The number of carbonyl (C=O) groups excluding carboxylic acids is 3. The van der Waals surface area contributed by atoms with Crippen LogP contribution >= 0.6 is 0 Å². The lowest BCUT2D eigenvalue weighted by molar-refractivity contribution is -0.142. The van der Waals surface area contributed by atoms with Gasteiger partial charge in [-0.1, -0.05) is 44.2 Å². The summed E-state index contributed by atoms with van der Waals surface area (Å²) < 4.78 is 0. The van der Waals surface area contributed by atoms with E-state index in [1.807, 2.05) is 0 Å². The molecule has 4 atom stereocenters. The van der Waals surface area contributed by atoms with Gasteiger partial charge in [-0.25, -0.2) is 4.79 Å². The summed E-state index contributed by atoms with van der Waals surface area (Å²) >= 11 is 0. The third-order valence-electron chi connectivity index (χ3n) is 5.78. The van der Waals surface area contributed by atoms with Crippen molar-refractivity contribution in [3.05, 3.63) is 35.9 Å². The van der Waals surface area contributed by atoms with Gasteiger partial charge in [-0.15, -0.1) is 0 Å². The Hall–Kier alpha value is -4.20. The van der Waals surface area contributed by atoms with Gasteiger partial charge in [0.05, 0.1) is 6.04 Å². The van der Waals surface area contributed by atoms with E-state index in [-0.39, 0.29) is 44.1 Å². The van der Waals surface area contributed by atoms with Crippen LogP contribution in [0.15, 0.2) is 35.3 Å². The Labute approximate surface area is 226 Å². The lowest BCUT2D eigenvalue weighted by Gasteiger charge is -2.25. The molecule has 0 heterocycles. The number of carboxylic acids is 2. The number of guanidine groups is 1. The van der Waals surface area contributed by atoms with E-state index in [1.54, 1.807) is 44.2 Å². The van der Waals surface area contributed by atoms with Crippen LogP contribution in [-0.4, -0.2) is 76.5 Å². The molecule has 0 aliphatic carbocycles. The van der Waals surface area contributed by atoms with Crippen molar-refractivity contribution in [2.24, 2.45) is 28.1 Å². The predicted molar refractivity (Wildman–Crippen MR) is 143 cm³/mol. The van der Waals surface area contributed by atoms with Crippen LogP contribution in [0, 0.1) is 5.92 Å². The van der Waals surface area contributed by atoms with Gasteiger partial charge in [0.2, 0.25) is 17.7 Å². The number of aliphatic imine (C=N–C) groups is 1. The van der Waals surface area contributed by atoms with Gasteiger partial charge in [-0.05, 0) is 30.7 Å². The molecule has 1 aromatic rings. The first-order valence-electron chi connectivity index (χ1n) is 12.5. The summed E-state index contributed by atoms with van der Waals surface area (Å²) in [4.78, 5) is 65.6. The highest BCUT2D eigenvalue weighted by Gasteiger charge is 2.31. The lowest BCUT2D eigenvalue weighted by Crippen LogP contribution is -2.57. The summed E-state index contributed by atoms with van der Waals surface area (Å²) in [6, 6.07) is 3.91. The molecule has 39 heavy (non-hydrogen) atoms. The molecule has 14 nitrogen and oxygen atoms in total. The normalized spacial score (nSPS) is 13.8. The molecular weight excluding hydrogens is 510 g/mol. The van der Waals surface area contributed by atoms with Crippen LogP contribution in [0.5, 0.6) is 0 Å². The molecule has 14 heteroatoms. The number of rotatable bonds is 17. The number of nitrogens with two attached hydrogens (primary N) is 3. The maximum atomic E-state index is 13.1. The fraction of sp³-hybridized carbons (Fsp3) is 0.520. The SMILES string of the molecule is CC(C)C(N)C(=O)NC(CCC(=O)O)C(=O)NC(CCCN=C(N)N)C(=O)NC(Cc1ccccc1)C(=O)O. The fourth-order valence-electron chi connectivity index (χ4n) is 3.47. The maximum absolute atomic E-state index is 13.1. The molecule has 0 radical (unpaired) electrons. The number of carboxylic acid groups (broad SMARTS) is 2. The van der Waals surface area contributed by atoms with E-state index in [4.69, 9.17) is 22.3 Å². The molecule has 1 rings (SSSR count). The van der Waals surface area contributed by atoms with E-state index >= 15 is 0 Å². The number of nitrogens with zero attached hydrogens (tertiary/aromatic N) is 1. The Balaban J connectivity index is 3.10. The largest absolute Gasteiger partial charge is 0.481 e. The number of amides is 3. The van der Waals surface area contributed by atoms with Crippen molar-refractivity contribution in [1.82, 2.24) is 16.0 Å². The van der Waals surface area contributed by atoms with E-state index in [2.05, 4.69) is 20.9 Å². The zero-order valence-electron chi connectivity index (χ0n) is 22.1. The minimum absolute atomic E-state index is 0.000957. The Morgan fingerprint density at radius 2 is 1.38 bits per heavy atom. The first kappa shape index (κ1) is 32.8. The van der Waals surface area contributed by atoms with Gasteiger partial charge in [-0.3, -0.25) is 24.2 Å². The highest BCUT2D eigenvalue weighted by Crippen LogP contribution is 2.08. The molecule has 11 N–H and O–H groups in total. The van der Waals surface area contributed by atoms with Crippen LogP contribution in [0.3, 0.4) is 0 Å². The van der Waals surface area contributed by atoms with E-state index in [1.165, 1.54) is 0 Å². The molecule has 0 aromatic heterocycles. The van der Waals surface area contributed by atoms with Crippen molar-refractivity contribution in [2.75, 3.05) is 6.54 Å². The highest BCUT2D eigenvalue weighted by atomic mass is 16.4. The molecule has 216 valence electrons. The smallest absolute Gasteiger partial charge is 0.326 e. The second-order valence-electron chi connectivity index (χ2n) is 9.36. The van der Waals surface area contributed by atoms with Crippen molar-refractivity contribution in [3.63, 3.8) is 0 Å². The first-order chi connectivity index (χ1) is 18.3. The van der Waals surface area contributed by atoms with Gasteiger partial charge in [0.1, 0.15) is 18.1 Å². The Morgan fingerprint density at radius 3 is 1.90 bits per heavy atom. The van der Waals surface area contributed by atoms with Crippen molar-refractivity contribution in [3.8, 4) is 0 Å². The monoisotopic (exact) mass is 549 g/mol. The standard InChI is InChI=1S/C25H39N7O7/c1-14(2)20(26)23(37)31-17(10-11-19(33)34)22(36)30-16(9-6-12-29-25(27)28)21(35)32-18(24(38)39)13-15-7-4-3-5-8-15/h3-5,7-8,14,16-18,20H,6,9-13,26H2,1-2H3,(H,30,36)(H,31,37)(H,32,35)(H,33,34)(H,38,39)(H4,27,28,29). The molecule has 0 fully saturated rings. The lowest BCUT2D eigenvalue weighted by atomic mass is 10.0. The van der Waals surface area contributed by atoms with Gasteiger partial charge in [-0.2, -0.15) is 0 Å². The van der Waals surface area contributed by atoms with Crippen molar-refractivity contribution >= 4 is 35.6 Å². The second kappa shape index (κ2) is 16.6. The average Bonchev–Trinajstić information content (AvgIpc) is 2.87. The zero-order chi connectivity index (χ0) is 29.5. The van der Waals surface area contributed by atoms with E-state index in [0.29, 0.717) is 5.56 Å². The van der Waals surface area contributed by atoms with E-state index in [0.717, 1.165) is 0 Å². The van der Waals surface area contributed by atoms with Crippen LogP contribution in [0.2, 0.25) is 0 Å². The van der Waals surface area contributed by atoms with Crippen LogP contribution in [0.25, 0.3) is 0 Å². The zero-order valence-corrected chi connectivity index (χ0v) is 22.1. The third kappa shape index (κ3) is 12.7. The predicted octanol–water partition coefficient (Wildman–Crippen LogP) is -1.33. The van der Waals surface area contributed by atoms with Gasteiger partial charge in [0.25, 0.3) is 0 Å². The third-order valence-corrected chi connectivity index (χ3v) is 5.78. The highest BCUT2D eigenvalue weighted by molar-refractivity contribution is 5.94. The maximum Gasteiger partial charge on any atom is 0.326 e. The Morgan fingerprint density at radius 1 is 0.846 bits per heavy atom. The molecule has 1 aromatic carbocycles. The number of carbonyl (C=O) groups is 5. The van der Waals surface area contributed by atoms with E-state index in [9.17, 15) is 29.1 Å². The van der Waals surface area contributed by atoms with Crippen LogP contribution in [0.4, 0.5) is 0 Å². The van der Waals surface area contributed by atoms with Gasteiger partial charge in [0.15, 0.2) is 5.96 Å². The topological polar surface area (TPSA) is 252 Å².